The number of carboxylic acid groups (broad SMARTS) is 1. The normalized spacial score (nSPS) is 13.3. The molecule has 8 nitrogen and oxygen atoms in total. The van der Waals surface area contributed by atoms with Crippen LogP contribution < -0.4 is 9.44 Å². The summed E-state index contributed by atoms with van der Waals surface area (Å²) in [6.07, 6.45) is -0.362. The fraction of sp³-hybridized carbons (Fsp3) is 0.778. The zero-order valence-electron chi connectivity index (χ0n) is 10.5. The molecule has 0 fully saturated rings. The van der Waals surface area contributed by atoms with E-state index in [0.717, 1.165) is 0 Å². The van der Waals surface area contributed by atoms with Crippen molar-refractivity contribution in [3.8, 4) is 0 Å². The SMILES string of the molecule is COC(=O)CC[C@H](NS(=O)(=O)NC(C)C)C(=O)O. The molecule has 18 heavy (non-hydrogen) atoms. The van der Waals surface area contributed by atoms with Crippen molar-refractivity contribution in [3.05, 3.63) is 0 Å². The van der Waals surface area contributed by atoms with Crippen LogP contribution in [0, 0.1) is 0 Å². The van der Waals surface area contributed by atoms with E-state index in [9.17, 15) is 18.0 Å². The maximum atomic E-state index is 11.5. The quantitative estimate of drug-likeness (QED) is 0.502. The molecule has 0 bridgehead atoms. The lowest BCUT2D eigenvalue weighted by Crippen LogP contribution is -2.48. The van der Waals surface area contributed by atoms with Gasteiger partial charge in [0, 0.05) is 12.5 Å². The van der Waals surface area contributed by atoms with Gasteiger partial charge in [0.15, 0.2) is 0 Å². The summed E-state index contributed by atoms with van der Waals surface area (Å²) in [6, 6.07) is -1.74. The standard InChI is InChI=1S/C9H18N2O6S/c1-6(2)10-18(15,16)11-7(9(13)14)4-5-8(12)17-3/h6-7,10-11H,4-5H2,1-3H3,(H,13,14)/t7-/m0/s1. The molecule has 0 amide bonds. The molecule has 0 aromatic carbocycles. The summed E-state index contributed by atoms with van der Waals surface area (Å²) in [5.74, 6) is -1.95. The number of nitrogens with one attached hydrogen (secondary N) is 2. The fourth-order valence-electron chi connectivity index (χ4n) is 1.13. The molecule has 0 unspecified atom stereocenters. The number of esters is 1. The Balaban J connectivity index is 4.54. The number of hydrogen-bond acceptors (Lipinski definition) is 5. The molecule has 0 aromatic rings. The molecular formula is C9H18N2O6S. The van der Waals surface area contributed by atoms with Crippen LogP contribution in [-0.4, -0.2) is 44.7 Å². The number of rotatable bonds is 8. The Kier molecular flexibility index (Phi) is 6.81. The minimum atomic E-state index is -3.91. The van der Waals surface area contributed by atoms with E-state index in [4.69, 9.17) is 5.11 Å². The van der Waals surface area contributed by atoms with E-state index >= 15 is 0 Å². The largest absolute Gasteiger partial charge is 0.480 e. The van der Waals surface area contributed by atoms with Crippen LogP contribution in [0.3, 0.4) is 0 Å². The number of methoxy groups -OCH3 is 1. The second kappa shape index (κ2) is 7.29. The van der Waals surface area contributed by atoms with Crippen molar-refractivity contribution >= 4 is 22.1 Å². The molecule has 0 rings (SSSR count). The van der Waals surface area contributed by atoms with Crippen molar-refractivity contribution < 1.29 is 27.9 Å². The molecular weight excluding hydrogens is 264 g/mol. The Labute approximate surface area is 106 Å². The number of aliphatic carboxylic acids is 1. The van der Waals surface area contributed by atoms with Crippen molar-refractivity contribution in [1.82, 2.24) is 9.44 Å². The first-order valence-electron chi connectivity index (χ1n) is 5.27. The van der Waals surface area contributed by atoms with Gasteiger partial charge in [-0.15, -0.1) is 0 Å². The minimum Gasteiger partial charge on any atom is -0.480 e. The smallest absolute Gasteiger partial charge is 0.321 e. The van der Waals surface area contributed by atoms with Crippen LogP contribution in [0.4, 0.5) is 0 Å². The summed E-state index contributed by atoms with van der Waals surface area (Å²) in [5.41, 5.74) is 0. The summed E-state index contributed by atoms with van der Waals surface area (Å²) in [6.45, 7) is 3.20. The van der Waals surface area contributed by atoms with E-state index < -0.39 is 28.2 Å². The molecule has 9 heteroatoms. The predicted octanol–water partition coefficient (Wildman–Crippen LogP) is -0.775. The third kappa shape index (κ3) is 7.20. The lowest BCUT2D eigenvalue weighted by molar-refractivity contribution is -0.142. The Bertz CT molecular complexity index is 392. The first-order valence-corrected chi connectivity index (χ1v) is 6.75. The van der Waals surface area contributed by atoms with Crippen LogP contribution in [0.5, 0.6) is 0 Å². The van der Waals surface area contributed by atoms with Crippen LogP contribution >= 0.6 is 0 Å². The second-order valence-corrected chi connectivity index (χ2v) is 5.38. The second-order valence-electron chi connectivity index (χ2n) is 3.90. The summed E-state index contributed by atoms with van der Waals surface area (Å²) in [4.78, 5) is 21.7. The fourth-order valence-corrected chi connectivity index (χ4v) is 2.41. The average Bonchev–Trinajstić information content (AvgIpc) is 2.21. The zero-order valence-corrected chi connectivity index (χ0v) is 11.3. The monoisotopic (exact) mass is 282 g/mol. The highest BCUT2D eigenvalue weighted by atomic mass is 32.2. The van der Waals surface area contributed by atoms with Gasteiger partial charge in [-0.1, -0.05) is 0 Å². The third-order valence-electron chi connectivity index (χ3n) is 1.85. The van der Waals surface area contributed by atoms with Gasteiger partial charge in [-0.3, -0.25) is 9.59 Å². The van der Waals surface area contributed by atoms with Crippen molar-refractivity contribution in [3.63, 3.8) is 0 Å². The van der Waals surface area contributed by atoms with Gasteiger partial charge in [0.05, 0.1) is 7.11 Å². The van der Waals surface area contributed by atoms with Crippen molar-refractivity contribution in [2.45, 2.75) is 38.8 Å². The molecule has 0 spiro atoms. The maximum absolute atomic E-state index is 11.5. The van der Waals surface area contributed by atoms with Gasteiger partial charge >= 0.3 is 11.9 Å². The topological polar surface area (TPSA) is 122 Å². The van der Waals surface area contributed by atoms with Crippen molar-refractivity contribution in [1.29, 1.82) is 0 Å². The molecule has 0 aliphatic rings. The first-order chi connectivity index (χ1) is 8.18. The van der Waals surface area contributed by atoms with Gasteiger partial charge in [0.1, 0.15) is 6.04 Å². The minimum absolute atomic E-state index is 0.180. The number of carboxylic acids is 1. The van der Waals surface area contributed by atoms with Gasteiger partial charge < -0.3 is 9.84 Å². The number of carbonyl (C=O) groups excluding carboxylic acids is 1. The van der Waals surface area contributed by atoms with Crippen LogP contribution in [0.1, 0.15) is 26.7 Å². The van der Waals surface area contributed by atoms with E-state index in [-0.39, 0.29) is 18.9 Å². The number of ether oxygens (including phenoxy) is 1. The first kappa shape index (κ1) is 16.8. The molecule has 0 heterocycles. The van der Waals surface area contributed by atoms with Crippen LogP contribution in [-0.2, 0) is 24.5 Å². The Morgan fingerprint density at radius 1 is 1.28 bits per heavy atom. The Morgan fingerprint density at radius 3 is 2.22 bits per heavy atom. The Morgan fingerprint density at radius 2 is 1.83 bits per heavy atom. The molecule has 106 valence electrons. The van der Waals surface area contributed by atoms with E-state index in [1.165, 1.54) is 7.11 Å². The molecule has 0 aliphatic carbocycles. The lowest BCUT2D eigenvalue weighted by atomic mass is 10.2. The molecule has 1 atom stereocenters. The summed E-state index contributed by atoms with van der Waals surface area (Å²) in [7, 11) is -2.74. The molecule has 0 radical (unpaired) electrons. The summed E-state index contributed by atoms with van der Waals surface area (Å²) < 4.78 is 31.4. The summed E-state index contributed by atoms with van der Waals surface area (Å²) >= 11 is 0. The van der Waals surface area contributed by atoms with Crippen molar-refractivity contribution in [2.75, 3.05) is 7.11 Å². The summed E-state index contributed by atoms with van der Waals surface area (Å²) in [5, 5.41) is 8.85. The van der Waals surface area contributed by atoms with Crippen LogP contribution in [0.15, 0.2) is 0 Å². The van der Waals surface area contributed by atoms with E-state index in [2.05, 4.69) is 9.46 Å². The van der Waals surface area contributed by atoms with E-state index in [0.29, 0.717) is 0 Å². The maximum Gasteiger partial charge on any atom is 0.321 e. The zero-order chi connectivity index (χ0) is 14.3. The number of carbonyl (C=O) groups is 2. The molecule has 0 saturated carbocycles. The van der Waals surface area contributed by atoms with Gasteiger partial charge in [0.25, 0.3) is 10.2 Å². The van der Waals surface area contributed by atoms with Crippen LogP contribution in [0.25, 0.3) is 0 Å². The number of hydrogen-bond donors (Lipinski definition) is 3. The molecule has 0 aliphatic heterocycles. The van der Waals surface area contributed by atoms with Crippen molar-refractivity contribution in [2.24, 2.45) is 0 Å². The third-order valence-corrected chi connectivity index (χ3v) is 3.23. The lowest BCUT2D eigenvalue weighted by Gasteiger charge is -2.16. The molecule has 3 N–H and O–H groups in total. The highest BCUT2D eigenvalue weighted by Gasteiger charge is 2.25. The average molecular weight is 282 g/mol. The molecule has 0 saturated heterocycles. The highest BCUT2D eigenvalue weighted by molar-refractivity contribution is 7.87. The highest BCUT2D eigenvalue weighted by Crippen LogP contribution is 2.01. The van der Waals surface area contributed by atoms with E-state index in [1.807, 2.05) is 4.72 Å². The van der Waals surface area contributed by atoms with Crippen LogP contribution in [0.2, 0.25) is 0 Å². The van der Waals surface area contributed by atoms with Gasteiger partial charge in [-0.2, -0.15) is 17.9 Å². The predicted molar refractivity (Wildman–Crippen MR) is 63.0 cm³/mol. The van der Waals surface area contributed by atoms with Gasteiger partial charge in [-0.25, -0.2) is 0 Å². The molecule has 0 aromatic heterocycles. The van der Waals surface area contributed by atoms with E-state index in [1.54, 1.807) is 13.8 Å². The van der Waals surface area contributed by atoms with Gasteiger partial charge in [-0.05, 0) is 20.3 Å². The van der Waals surface area contributed by atoms with Gasteiger partial charge in [0.2, 0.25) is 0 Å². The Hall–Kier alpha value is -1.19.